The third-order valence-electron chi connectivity index (χ3n) is 4.19. The Kier molecular flexibility index (Phi) is 5.09. The van der Waals surface area contributed by atoms with E-state index >= 15 is 0 Å². The Bertz CT molecular complexity index is 843. The Morgan fingerprint density at radius 2 is 2.00 bits per heavy atom. The van der Waals surface area contributed by atoms with E-state index in [1.807, 2.05) is 49.6 Å². The normalized spacial score (nSPS) is 16.8. The van der Waals surface area contributed by atoms with E-state index in [-0.39, 0.29) is 6.10 Å². The van der Waals surface area contributed by atoms with Crippen LogP contribution < -0.4 is 0 Å². The molecule has 0 aliphatic carbocycles. The van der Waals surface area contributed by atoms with Gasteiger partial charge in [0.15, 0.2) is 6.10 Å². The summed E-state index contributed by atoms with van der Waals surface area (Å²) in [6.45, 7) is 4.16. The SMILES string of the molecule is Cc1cc(C2CC(c3cccc(Cl)c3)=NO2)c(C)cc1N=CN(C)C. The molecule has 1 aliphatic rings. The maximum Gasteiger partial charge on any atom is 0.158 e. The summed E-state index contributed by atoms with van der Waals surface area (Å²) >= 11 is 6.08. The van der Waals surface area contributed by atoms with Crippen molar-refractivity contribution in [3.63, 3.8) is 0 Å². The van der Waals surface area contributed by atoms with Crippen LogP contribution in [0, 0.1) is 13.8 Å². The topological polar surface area (TPSA) is 37.2 Å². The Hall–Kier alpha value is -2.33. The molecule has 3 rings (SSSR count). The highest BCUT2D eigenvalue weighted by Crippen LogP contribution is 2.34. The van der Waals surface area contributed by atoms with E-state index in [2.05, 4.69) is 36.1 Å². The van der Waals surface area contributed by atoms with Crippen molar-refractivity contribution in [3.8, 4) is 0 Å². The highest BCUT2D eigenvalue weighted by molar-refractivity contribution is 6.31. The fraction of sp³-hybridized carbons (Fsp3) is 0.300. The molecule has 0 N–H and O–H groups in total. The second kappa shape index (κ2) is 7.28. The van der Waals surface area contributed by atoms with Crippen molar-refractivity contribution < 1.29 is 4.84 Å². The van der Waals surface area contributed by atoms with Gasteiger partial charge in [-0.2, -0.15) is 0 Å². The summed E-state index contributed by atoms with van der Waals surface area (Å²) < 4.78 is 0. The van der Waals surface area contributed by atoms with Crippen LogP contribution in [0.2, 0.25) is 5.02 Å². The molecule has 0 amide bonds. The molecule has 4 nitrogen and oxygen atoms in total. The number of oxime groups is 1. The van der Waals surface area contributed by atoms with Gasteiger partial charge < -0.3 is 9.74 Å². The summed E-state index contributed by atoms with van der Waals surface area (Å²) in [5.74, 6) is 0. The van der Waals surface area contributed by atoms with Gasteiger partial charge in [0, 0.05) is 31.1 Å². The van der Waals surface area contributed by atoms with E-state index in [1.54, 1.807) is 0 Å². The van der Waals surface area contributed by atoms with Crippen LogP contribution in [0.4, 0.5) is 5.69 Å². The van der Waals surface area contributed by atoms with Crippen molar-refractivity contribution in [2.75, 3.05) is 14.1 Å². The molecule has 0 saturated carbocycles. The van der Waals surface area contributed by atoms with E-state index in [0.29, 0.717) is 5.02 Å². The van der Waals surface area contributed by atoms with E-state index in [0.717, 1.165) is 40.1 Å². The van der Waals surface area contributed by atoms with Crippen LogP contribution in [0.15, 0.2) is 46.5 Å². The fourth-order valence-corrected chi connectivity index (χ4v) is 3.06. The highest BCUT2D eigenvalue weighted by Gasteiger charge is 2.25. The molecule has 0 aromatic heterocycles. The molecule has 2 aromatic carbocycles. The van der Waals surface area contributed by atoms with Crippen molar-refractivity contribution in [1.29, 1.82) is 0 Å². The average molecular weight is 356 g/mol. The van der Waals surface area contributed by atoms with Crippen molar-refractivity contribution >= 4 is 29.3 Å². The Balaban J connectivity index is 1.81. The second-order valence-electron chi connectivity index (χ2n) is 6.55. The Morgan fingerprint density at radius 3 is 2.72 bits per heavy atom. The standard InChI is InChI=1S/C20H22ClN3O/c1-13-9-18(22-12-24(3)4)14(2)8-17(13)20-11-19(23-25-20)15-6-5-7-16(21)10-15/h5-10,12,20H,11H2,1-4H3. The number of nitrogens with zero attached hydrogens (tertiary/aromatic N) is 3. The molecule has 0 radical (unpaired) electrons. The van der Waals surface area contributed by atoms with E-state index in [9.17, 15) is 0 Å². The van der Waals surface area contributed by atoms with Crippen molar-refractivity contribution in [2.24, 2.45) is 10.1 Å². The number of rotatable bonds is 4. The minimum atomic E-state index is -0.0699. The van der Waals surface area contributed by atoms with Crippen LogP contribution in [0.5, 0.6) is 0 Å². The Labute approximate surface area is 153 Å². The summed E-state index contributed by atoms with van der Waals surface area (Å²) in [5.41, 5.74) is 6.35. The lowest BCUT2D eigenvalue weighted by atomic mass is 9.95. The third kappa shape index (κ3) is 4.02. The molecule has 5 heteroatoms. The largest absolute Gasteiger partial charge is 0.387 e. The predicted octanol–water partition coefficient (Wildman–Crippen LogP) is 5.04. The first-order chi connectivity index (χ1) is 11.9. The second-order valence-corrected chi connectivity index (χ2v) is 6.99. The van der Waals surface area contributed by atoms with Gasteiger partial charge in [0.25, 0.3) is 0 Å². The summed E-state index contributed by atoms with van der Waals surface area (Å²) in [6, 6.07) is 12.0. The van der Waals surface area contributed by atoms with Crippen LogP contribution >= 0.6 is 11.6 Å². The fourth-order valence-electron chi connectivity index (χ4n) is 2.87. The van der Waals surface area contributed by atoms with Gasteiger partial charge in [-0.15, -0.1) is 0 Å². The minimum absolute atomic E-state index is 0.0699. The first-order valence-corrected chi connectivity index (χ1v) is 8.62. The first-order valence-electron chi connectivity index (χ1n) is 8.24. The summed E-state index contributed by atoms with van der Waals surface area (Å²) in [5, 5.41) is 4.99. The first kappa shape index (κ1) is 17.5. The molecule has 25 heavy (non-hydrogen) atoms. The molecule has 0 saturated heterocycles. The molecule has 0 spiro atoms. The summed E-state index contributed by atoms with van der Waals surface area (Å²) in [6.07, 6.45) is 2.48. The van der Waals surface area contributed by atoms with E-state index < -0.39 is 0 Å². The maximum atomic E-state index is 6.08. The maximum absolute atomic E-state index is 6.08. The summed E-state index contributed by atoms with van der Waals surface area (Å²) in [4.78, 5) is 12.2. The zero-order valence-electron chi connectivity index (χ0n) is 15.0. The Morgan fingerprint density at radius 1 is 1.20 bits per heavy atom. The van der Waals surface area contributed by atoms with Crippen molar-refractivity contribution in [2.45, 2.75) is 26.4 Å². The number of aryl methyl sites for hydroxylation is 2. The van der Waals surface area contributed by atoms with Crippen LogP contribution in [0.3, 0.4) is 0 Å². The zero-order valence-corrected chi connectivity index (χ0v) is 15.7. The molecular weight excluding hydrogens is 334 g/mol. The molecule has 1 unspecified atom stereocenters. The predicted molar refractivity (Wildman–Crippen MR) is 104 cm³/mol. The molecular formula is C20H22ClN3O. The monoisotopic (exact) mass is 355 g/mol. The van der Waals surface area contributed by atoms with Crippen LogP contribution in [0.1, 0.15) is 34.8 Å². The number of aliphatic imine (C=N–C) groups is 1. The lowest BCUT2D eigenvalue weighted by molar-refractivity contribution is 0.0852. The molecule has 130 valence electrons. The lowest BCUT2D eigenvalue weighted by Crippen LogP contribution is -2.07. The number of hydrogen-bond acceptors (Lipinski definition) is 3. The smallest absolute Gasteiger partial charge is 0.158 e. The zero-order chi connectivity index (χ0) is 18.0. The number of halogens is 1. The minimum Gasteiger partial charge on any atom is -0.387 e. The summed E-state index contributed by atoms with van der Waals surface area (Å²) in [7, 11) is 3.92. The lowest BCUT2D eigenvalue weighted by Gasteiger charge is -2.14. The highest BCUT2D eigenvalue weighted by atomic mass is 35.5. The molecule has 0 bridgehead atoms. The van der Waals surface area contributed by atoms with E-state index in [1.165, 1.54) is 0 Å². The third-order valence-corrected chi connectivity index (χ3v) is 4.42. The van der Waals surface area contributed by atoms with Gasteiger partial charge in [0.2, 0.25) is 0 Å². The van der Waals surface area contributed by atoms with Crippen molar-refractivity contribution in [1.82, 2.24) is 4.90 Å². The number of benzene rings is 2. The molecule has 2 aromatic rings. The molecule has 0 fully saturated rings. The molecule has 1 atom stereocenters. The van der Waals surface area contributed by atoms with Gasteiger partial charge in [-0.25, -0.2) is 4.99 Å². The van der Waals surface area contributed by atoms with Crippen molar-refractivity contribution in [3.05, 3.63) is 63.7 Å². The van der Waals surface area contributed by atoms with Crippen LogP contribution in [0.25, 0.3) is 0 Å². The van der Waals surface area contributed by atoms with Gasteiger partial charge in [0.05, 0.1) is 17.7 Å². The van der Waals surface area contributed by atoms with E-state index in [4.69, 9.17) is 16.4 Å². The van der Waals surface area contributed by atoms with Gasteiger partial charge in [0.1, 0.15) is 0 Å². The average Bonchev–Trinajstić information content (AvgIpc) is 3.05. The van der Waals surface area contributed by atoms with Crippen LogP contribution in [-0.4, -0.2) is 31.0 Å². The molecule has 1 heterocycles. The quantitative estimate of drug-likeness (QED) is 0.568. The molecule has 1 aliphatic heterocycles. The van der Waals surface area contributed by atoms with Gasteiger partial charge in [-0.3, -0.25) is 0 Å². The van der Waals surface area contributed by atoms with Gasteiger partial charge >= 0.3 is 0 Å². The van der Waals surface area contributed by atoms with Gasteiger partial charge in [-0.05, 0) is 54.8 Å². The number of hydrogen-bond donors (Lipinski definition) is 0. The van der Waals surface area contributed by atoms with Crippen LogP contribution in [-0.2, 0) is 4.84 Å². The van der Waals surface area contributed by atoms with Gasteiger partial charge in [-0.1, -0.05) is 28.9 Å².